The lowest BCUT2D eigenvalue weighted by Crippen LogP contribution is -2.30. The summed E-state index contributed by atoms with van der Waals surface area (Å²) in [6, 6.07) is 6.60. The molecule has 4 N–H and O–H groups in total. The number of hydrogen-bond acceptors (Lipinski definition) is 2. The molecule has 86 valence electrons. The first kappa shape index (κ1) is 11.4. The summed E-state index contributed by atoms with van der Waals surface area (Å²) >= 11 is 0. The summed E-state index contributed by atoms with van der Waals surface area (Å²) in [4.78, 5) is 0. The van der Waals surface area contributed by atoms with Crippen LogP contribution in [-0.4, -0.2) is 12.6 Å². The first-order valence-electron chi connectivity index (χ1n) is 5.94. The zero-order valence-electron chi connectivity index (χ0n) is 9.87. The van der Waals surface area contributed by atoms with Crippen molar-refractivity contribution < 1.29 is 0 Å². The van der Waals surface area contributed by atoms with Crippen molar-refractivity contribution in [2.24, 2.45) is 11.5 Å². The molecule has 0 heterocycles. The summed E-state index contributed by atoms with van der Waals surface area (Å²) in [7, 11) is 0. The molecule has 0 saturated heterocycles. The molecule has 0 spiro atoms. The summed E-state index contributed by atoms with van der Waals surface area (Å²) in [5.41, 5.74) is 17.1. The van der Waals surface area contributed by atoms with Crippen molar-refractivity contribution >= 4 is 6.08 Å². The molecule has 2 heteroatoms. The van der Waals surface area contributed by atoms with E-state index in [2.05, 4.69) is 31.2 Å². The highest BCUT2D eigenvalue weighted by Crippen LogP contribution is 2.28. The van der Waals surface area contributed by atoms with Crippen LogP contribution >= 0.6 is 0 Å². The molecule has 0 saturated carbocycles. The van der Waals surface area contributed by atoms with Crippen LogP contribution in [0.15, 0.2) is 23.8 Å². The van der Waals surface area contributed by atoms with Crippen LogP contribution in [0.4, 0.5) is 0 Å². The van der Waals surface area contributed by atoms with Gasteiger partial charge in [0.2, 0.25) is 0 Å². The maximum absolute atomic E-state index is 5.89. The molecule has 16 heavy (non-hydrogen) atoms. The number of rotatable bonds is 3. The van der Waals surface area contributed by atoms with E-state index in [-0.39, 0.29) is 6.04 Å². The average molecular weight is 216 g/mol. The van der Waals surface area contributed by atoms with E-state index in [1.807, 2.05) is 0 Å². The van der Waals surface area contributed by atoms with Crippen LogP contribution in [-0.2, 0) is 6.42 Å². The Morgan fingerprint density at radius 2 is 2.12 bits per heavy atom. The molecule has 2 rings (SSSR count). The molecule has 2 nitrogen and oxygen atoms in total. The molecule has 1 unspecified atom stereocenters. The van der Waals surface area contributed by atoms with Crippen molar-refractivity contribution in [3.8, 4) is 0 Å². The van der Waals surface area contributed by atoms with Crippen molar-refractivity contribution in [1.82, 2.24) is 0 Å². The van der Waals surface area contributed by atoms with Gasteiger partial charge >= 0.3 is 0 Å². The molecule has 1 aliphatic rings. The molecule has 1 aromatic carbocycles. The maximum Gasteiger partial charge on any atom is 0.0200 e. The standard InChI is InChI=1S/C14H20N2/c1-10-3-2-4-12-7-11(5-6-14(10)12)8-13(16)9-15/h2-4,7,13H,5-6,8-9,15-16H2,1H3. The van der Waals surface area contributed by atoms with Crippen LogP contribution in [0.2, 0.25) is 0 Å². The maximum atomic E-state index is 5.89. The van der Waals surface area contributed by atoms with Gasteiger partial charge in [-0.3, -0.25) is 0 Å². The lowest BCUT2D eigenvalue weighted by Gasteiger charge is -2.20. The van der Waals surface area contributed by atoms with E-state index in [9.17, 15) is 0 Å². The van der Waals surface area contributed by atoms with Crippen LogP contribution in [0.3, 0.4) is 0 Å². The fourth-order valence-electron chi connectivity index (χ4n) is 2.36. The van der Waals surface area contributed by atoms with Crippen molar-refractivity contribution in [1.29, 1.82) is 0 Å². The highest BCUT2D eigenvalue weighted by Gasteiger charge is 2.13. The Hall–Kier alpha value is -1.12. The van der Waals surface area contributed by atoms with Crippen LogP contribution in [0.1, 0.15) is 29.5 Å². The van der Waals surface area contributed by atoms with Gasteiger partial charge in [-0.25, -0.2) is 0 Å². The predicted molar refractivity (Wildman–Crippen MR) is 69.1 cm³/mol. The SMILES string of the molecule is Cc1cccc2c1CCC(CC(N)CN)=C2. The van der Waals surface area contributed by atoms with Gasteiger partial charge in [0, 0.05) is 12.6 Å². The topological polar surface area (TPSA) is 52.0 Å². The van der Waals surface area contributed by atoms with Crippen LogP contribution in [0.25, 0.3) is 6.08 Å². The second-order valence-corrected chi connectivity index (χ2v) is 4.65. The third-order valence-corrected chi connectivity index (χ3v) is 3.33. The molecular weight excluding hydrogens is 196 g/mol. The molecule has 0 amide bonds. The first-order chi connectivity index (χ1) is 7.70. The lowest BCUT2D eigenvalue weighted by atomic mass is 9.87. The zero-order valence-corrected chi connectivity index (χ0v) is 9.87. The summed E-state index contributed by atoms with van der Waals surface area (Å²) in [6.07, 6.45) is 5.50. The van der Waals surface area contributed by atoms with Crippen molar-refractivity contribution in [2.75, 3.05) is 6.54 Å². The molecule has 0 aromatic heterocycles. The van der Waals surface area contributed by atoms with E-state index >= 15 is 0 Å². The van der Waals surface area contributed by atoms with Gasteiger partial charge in [0.25, 0.3) is 0 Å². The highest BCUT2D eigenvalue weighted by molar-refractivity contribution is 5.61. The Kier molecular flexibility index (Phi) is 3.42. The molecule has 1 aliphatic carbocycles. The van der Waals surface area contributed by atoms with E-state index in [0.717, 1.165) is 19.3 Å². The molecule has 0 aliphatic heterocycles. The Labute approximate surface area is 97.3 Å². The van der Waals surface area contributed by atoms with Crippen molar-refractivity contribution in [2.45, 2.75) is 32.2 Å². The molecule has 1 atom stereocenters. The summed E-state index contributed by atoms with van der Waals surface area (Å²) in [5, 5.41) is 0. The third-order valence-electron chi connectivity index (χ3n) is 3.33. The Morgan fingerprint density at radius 3 is 2.88 bits per heavy atom. The third kappa shape index (κ3) is 2.34. The van der Waals surface area contributed by atoms with Crippen LogP contribution in [0.5, 0.6) is 0 Å². The number of nitrogens with two attached hydrogens (primary N) is 2. The highest BCUT2D eigenvalue weighted by atomic mass is 14.7. The monoisotopic (exact) mass is 216 g/mol. The quantitative estimate of drug-likeness (QED) is 0.812. The minimum Gasteiger partial charge on any atom is -0.329 e. The predicted octanol–water partition coefficient (Wildman–Crippen LogP) is 2.00. The van der Waals surface area contributed by atoms with Gasteiger partial charge in [-0.1, -0.05) is 29.8 Å². The Balaban J connectivity index is 2.21. The molecule has 0 bridgehead atoms. The second-order valence-electron chi connectivity index (χ2n) is 4.65. The van der Waals surface area contributed by atoms with Crippen LogP contribution in [0, 0.1) is 6.92 Å². The number of benzene rings is 1. The van der Waals surface area contributed by atoms with Crippen molar-refractivity contribution in [3.63, 3.8) is 0 Å². The molecule has 0 radical (unpaired) electrons. The Bertz CT molecular complexity index is 407. The minimum absolute atomic E-state index is 0.109. The largest absolute Gasteiger partial charge is 0.329 e. The van der Waals surface area contributed by atoms with E-state index in [0.29, 0.717) is 6.54 Å². The van der Waals surface area contributed by atoms with Gasteiger partial charge in [0.1, 0.15) is 0 Å². The van der Waals surface area contributed by atoms with E-state index in [4.69, 9.17) is 11.5 Å². The minimum atomic E-state index is 0.109. The summed E-state index contributed by atoms with van der Waals surface area (Å²) < 4.78 is 0. The van der Waals surface area contributed by atoms with Gasteiger partial charge in [-0.15, -0.1) is 0 Å². The van der Waals surface area contributed by atoms with Crippen LogP contribution < -0.4 is 11.5 Å². The first-order valence-corrected chi connectivity index (χ1v) is 5.94. The van der Waals surface area contributed by atoms with Gasteiger partial charge in [-0.2, -0.15) is 0 Å². The fraction of sp³-hybridized carbons (Fsp3) is 0.429. The Morgan fingerprint density at radius 1 is 1.31 bits per heavy atom. The summed E-state index contributed by atoms with van der Waals surface area (Å²) in [5.74, 6) is 0. The smallest absolute Gasteiger partial charge is 0.0200 e. The molecular formula is C14H20N2. The summed E-state index contributed by atoms with van der Waals surface area (Å²) in [6.45, 7) is 2.75. The zero-order chi connectivity index (χ0) is 11.5. The molecule has 0 fully saturated rings. The molecule has 1 aromatic rings. The van der Waals surface area contributed by atoms with Gasteiger partial charge in [0.15, 0.2) is 0 Å². The lowest BCUT2D eigenvalue weighted by molar-refractivity contribution is 0.655. The number of fused-ring (bicyclic) bond motifs is 1. The van der Waals surface area contributed by atoms with Gasteiger partial charge in [0.05, 0.1) is 0 Å². The van der Waals surface area contributed by atoms with Gasteiger partial charge in [-0.05, 0) is 42.9 Å². The second kappa shape index (κ2) is 4.81. The van der Waals surface area contributed by atoms with E-state index < -0.39 is 0 Å². The number of hydrogen-bond donors (Lipinski definition) is 2. The van der Waals surface area contributed by atoms with E-state index in [1.54, 1.807) is 0 Å². The van der Waals surface area contributed by atoms with E-state index in [1.165, 1.54) is 22.3 Å². The number of aryl methyl sites for hydroxylation is 1. The fourth-order valence-corrected chi connectivity index (χ4v) is 2.36. The average Bonchev–Trinajstić information content (AvgIpc) is 2.29. The van der Waals surface area contributed by atoms with Gasteiger partial charge < -0.3 is 11.5 Å². The van der Waals surface area contributed by atoms with Crippen molar-refractivity contribution in [3.05, 3.63) is 40.5 Å². The normalized spacial score (nSPS) is 16.6.